The average molecular weight is 469 g/mol. The van der Waals surface area contributed by atoms with Gasteiger partial charge in [0.05, 0.1) is 11.8 Å². The SMILES string of the molecule is CC1CCC2(CC1)NC([C@H](O)C(Cc1ccccc1)c1ccccc1)C(=O)N2Cc1ccccc1. The van der Waals surface area contributed by atoms with E-state index in [1.54, 1.807) is 0 Å². The van der Waals surface area contributed by atoms with Crippen LogP contribution in [0.2, 0.25) is 0 Å². The minimum atomic E-state index is -0.831. The van der Waals surface area contributed by atoms with Gasteiger partial charge in [-0.05, 0) is 54.7 Å². The molecule has 2 fully saturated rings. The summed E-state index contributed by atoms with van der Waals surface area (Å²) < 4.78 is 0. The van der Waals surface area contributed by atoms with Crippen molar-refractivity contribution in [2.75, 3.05) is 0 Å². The summed E-state index contributed by atoms with van der Waals surface area (Å²) in [4.78, 5) is 16.0. The van der Waals surface area contributed by atoms with Crippen molar-refractivity contribution in [1.29, 1.82) is 0 Å². The highest BCUT2D eigenvalue weighted by Crippen LogP contribution is 2.41. The lowest BCUT2D eigenvalue weighted by molar-refractivity contribution is -0.135. The van der Waals surface area contributed by atoms with Crippen LogP contribution in [0.4, 0.5) is 0 Å². The van der Waals surface area contributed by atoms with Gasteiger partial charge in [-0.3, -0.25) is 10.1 Å². The van der Waals surface area contributed by atoms with Crippen molar-refractivity contribution < 1.29 is 9.90 Å². The van der Waals surface area contributed by atoms with Crippen LogP contribution in [0, 0.1) is 5.92 Å². The number of aliphatic hydroxyl groups is 1. The molecule has 4 nitrogen and oxygen atoms in total. The molecule has 1 saturated carbocycles. The predicted octanol–water partition coefficient (Wildman–Crippen LogP) is 5.28. The summed E-state index contributed by atoms with van der Waals surface area (Å²) in [6, 6.07) is 30.0. The molecule has 0 aromatic heterocycles. The van der Waals surface area contributed by atoms with E-state index in [1.807, 2.05) is 59.5 Å². The zero-order valence-corrected chi connectivity index (χ0v) is 20.5. The molecule has 3 aromatic rings. The molecular formula is C31H36N2O2. The maximum atomic E-state index is 14.0. The Hall–Kier alpha value is -2.95. The fourth-order valence-electron chi connectivity index (χ4n) is 5.92. The molecular weight excluding hydrogens is 432 g/mol. The average Bonchev–Trinajstić information content (AvgIpc) is 3.17. The molecule has 1 heterocycles. The summed E-state index contributed by atoms with van der Waals surface area (Å²) in [7, 11) is 0. The number of rotatable bonds is 7. The summed E-state index contributed by atoms with van der Waals surface area (Å²) in [6.07, 6.45) is 3.86. The molecule has 1 amide bonds. The van der Waals surface area contributed by atoms with Crippen molar-refractivity contribution in [1.82, 2.24) is 10.2 Å². The second-order valence-corrected chi connectivity index (χ2v) is 10.4. The molecule has 1 spiro atoms. The normalized spacial score (nSPS) is 26.1. The van der Waals surface area contributed by atoms with E-state index in [0.717, 1.165) is 42.4 Å². The van der Waals surface area contributed by atoms with E-state index in [-0.39, 0.29) is 17.5 Å². The lowest BCUT2D eigenvalue weighted by Crippen LogP contribution is -2.55. The first-order chi connectivity index (χ1) is 17.1. The third-order valence-corrected chi connectivity index (χ3v) is 8.04. The Labute approximate surface area is 209 Å². The molecule has 1 aliphatic heterocycles. The Bertz CT molecular complexity index is 1090. The molecule has 1 aliphatic carbocycles. The van der Waals surface area contributed by atoms with Crippen LogP contribution in [0.5, 0.6) is 0 Å². The summed E-state index contributed by atoms with van der Waals surface area (Å²) in [5.41, 5.74) is 2.96. The van der Waals surface area contributed by atoms with E-state index in [0.29, 0.717) is 18.9 Å². The molecule has 0 bridgehead atoms. The van der Waals surface area contributed by atoms with Gasteiger partial charge in [0.25, 0.3) is 0 Å². The summed E-state index contributed by atoms with van der Waals surface area (Å²) in [5.74, 6) is 0.497. The molecule has 2 unspecified atom stereocenters. The first-order valence-electron chi connectivity index (χ1n) is 13.0. The maximum Gasteiger partial charge on any atom is 0.244 e. The van der Waals surface area contributed by atoms with Gasteiger partial charge in [-0.25, -0.2) is 0 Å². The number of nitrogens with one attached hydrogen (secondary N) is 1. The fourth-order valence-corrected chi connectivity index (χ4v) is 5.92. The first kappa shape index (κ1) is 23.8. The van der Waals surface area contributed by atoms with Gasteiger partial charge in [-0.2, -0.15) is 0 Å². The fraction of sp³-hybridized carbons (Fsp3) is 0.387. The zero-order valence-electron chi connectivity index (χ0n) is 20.5. The zero-order chi connectivity index (χ0) is 24.3. The van der Waals surface area contributed by atoms with Gasteiger partial charge in [-0.15, -0.1) is 0 Å². The van der Waals surface area contributed by atoms with Crippen LogP contribution < -0.4 is 5.32 Å². The molecule has 2 aliphatic rings. The van der Waals surface area contributed by atoms with Crippen molar-refractivity contribution in [2.24, 2.45) is 5.92 Å². The van der Waals surface area contributed by atoms with Crippen LogP contribution in [0.3, 0.4) is 0 Å². The minimum Gasteiger partial charge on any atom is -0.390 e. The van der Waals surface area contributed by atoms with E-state index in [4.69, 9.17) is 0 Å². The van der Waals surface area contributed by atoms with Crippen LogP contribution in [0.15, 0.2) is 91.0 Å². The highest BCUT2D eigenvalue weighted by Gasteiger charge is 2.54. The van der Waals surface area contributed by atoms with Crippen molar-refractivity contribution in [2.45, 2.75) is 69.3 Å². The van der Waals surface area contributed by atoms with E-state index < -0.39 is 12.1 Å². The third-order valence-electron chi connectivity index (χ3n) is 8.04. The molecule has 2 N–H and O–H groups in total. The number of carbonyl (C=O) groups is 1. The summed E-state index contributed by atoms with van der Waals surface area (Å²) in [6.45, 7) is 2.86. The standard InChI is InChI=1S/C31H36N2O2/c1-23-17-19-31(20-18-23)32-28(30(35)33(31)22-25-13-7-3-8-14-25)29(34)27(26-15-9-4-10-16-26)21-24-11-5-2-6-12-24/h2-16,23,27-29,32,34H,17-22H2,1H3/t23?,27?,28?,29-,31?/m1/s1. The van der Waals surface area contributed by atoms with Gasteiger partial charge in [0.2, 0.25) is 5.91 Å². The maximum absolute atomic E-state index is 14.0. The topological polar surface area (TPSA) is 52.6 Å². The van der Waals surface area contributed by atoms with Crippen LogP contribution in [0.25, 0.3) is 0 Å². The Morgan fingerprint density at radius 3 is 2.03 bits per heavy atom. The smallest absolute Gasteiger partial charge is 0.244 e. The Morgan fingerprint density at radius 2 is 1.43 bits per heavy atom. The Kier molecular flexibility index (Phi) is 7.03. The molecule has 3 atom stereocenters. The van der Waals surface area contributed by atoms with Gasteiger partial charge in [0, 0.05) is 12.5 Å². The Morgan fingerprint density at radius 1 is 0.886 bits per heavy atom. The molecule has 182 valence electrons. The van der Waals surface area contributed by atoms with E-state index in [1.165, 1.54) is 0 Å². The van der Waals surface area contributed by atoms with Crippen LogP contribution in [-0.4, -0.2) is 33.7 Å². The number of amides is 1. The number of carbonyl (C=O) groups excluding carboxylic acids is 1. The molecule has 5 rings (SSSR count). The highest BCUT2D eigenvalue weighted by atomic mass is 16.3. The lowest BCUT2D eigenvalue weighted by Gasteiger charge is -2.43. The van der Waals surface area contributed by atoms with Gasteiger partial charge < -0.3 is 10.0 Å². The van der Waals surface area contributed by atoms with Gasteiger partial charge >= 0.3 is 0 Å². The van der Waals surface area contributed by atoms with Gasteiger partial charge in [0.1, 0.15) is 6.04 Å². The first-order valence-corrected chi connectivity index (χ1v) is 13.0. The van der Waals surface area contributed by atoms with E-state index in [9.17, 15) is 9.90 Å². The van der Waals surface area contributed by atoms with Crippen molar-refractivity contribution in [3.63, 3.8) is 0 Å². The van der Waals surface area contributed by atoms with Crippen LogP contribution in [-0.2, 0) is 17.8 Å². The predicted molar refractivity (Wildman–Crippen MR) is 140 cm³/mol. The molecule has 1 saturated heterocycles. The number of hydrogen-bond donors (Lipinski definition) is 2. The minimum absolute atomic E-state index is 0.0184. The molecule has 4 heteroatoms. The monoisotopic (exact) mass is 468 g/mol. The van der Waals surface area contributed by atoms with Gasteiger partial charge in [-0.1, -0.05) is 97.9 Å². The largest absolute Gasteiger partial charge is 0.390 e. The highest BCUT2D eigenvalue weighted by molar-refractivity contribution is 5.86. The lowest BCUT2D eigenvalue weighted by atomic mass is 9.81. The summed E-state index contributed by atoms with van der Waals surface area (Å²) >= 11 is 0. The van der Waals surface area contributed by atoms with Crippen LogP contribution >= 0.6 is 0 Å². The second-order valence-electron chi connectivity index (χ2n) is 10.4. The van der Waals surface area contributed by atoms with E-state index in [2.05, 4.69) is 48.6 Å². The number of benzene rings is 3. The molecule has 35 heavy (non-hydrogen) atoms. The quantitative estimate of drug-likeness (QED) is 0.496. The molecule has 3 aromatic carbocycles. The second kappa shape index (κ2) is 10.3. The van der Waals surface area contributed by atoms with Crippen LogP contribution in [0.1, 0.15) is 55.2 Å². The number of hydrogen-bond acceptors (Lipinski definition) is 3. The van der Waals surface area contributed by atoms with Crippen molar-refractivity contribution in [3.05, 3.63) is 108 Å². The van der Waals surface area contributed by atoms with Crippen molar-refractivity contribution in [3.8, 4) is 0 Å². The summed E-state index contributed by atoms with van der Waals surface area (Å²) in [5, 5.41) is 15.5. The number of nitrogens with zero attached hydrogens (tertiary/aromatic N) is 1. The van der Waals surface area contributed by atoms with Gasteiger partial charge in [0.15, 0.2) is 0 Å². The van der Waals surface area contributed by atoms with E-state index >= 15 is 0 Å². The van der Waals surface area contributed by atoms with Crippen molar-refractivity contribution >= 4 is 5.91 Å². The third kappa shape index (κ3) is 5.05. The number of aliphatic hydroxyl groups excluding tert-OH is 1. The Balaban J connectivity index is 1.46. The molecule has 0 radical (unpaired) electrons.